The molecule has 1 heterocycles. The van der Waals surface area contributed by atoms with Crippen LogP contribution in [0.2, 0.25) is 0 Å². The number of benzene rings is 3. The Hall–Kier alpha value is -4.44. The maximum absolute atomic E-state index is 12.7. The predicted octanol–water partition coefficient (Wildman–Crippen LogP) is 3.91. The van der Waals surface area contributed by atoms with Gasteiger partial charge in [0.25, 0.3) is 15.9 Å². The third-order valence-corrected chi connectivity index (χ3v) is 6.17. The van der Waals surface area contributed by atoms with E-state index >= 15 is 0 Å². The fourth-order valence-corrected chi connectivity index (χ4v) is 4.18. The number of anilines is 2. The van der Waals surface area contributed by atoms with Crippen molar-refractivity contribution in [3.63, 3.8) is 0 Å². The molecule has 0 atom stereocenters. The summed E-state index contributed by atoms with van der Waals surface area (Å²) in [4.78, 5) is 21.0. The van der Waals surface area contributed by atoms with Gasteiger partial charge in [0.05, 0.1) is 35.8 Å². The van der Waals surface area contributed by atoms with Gasteiger partial charge in [0.15, 0.2) is 5.82 Å². The molecular formula is C24H20N4O5S. The molecule has 0 unspecified atom stereocenters. The molecule has 9 nitrogen and oxygen atoms in total. The predicted molar refractivity (Wildman–Crippen MR) is 127 cm³/mol. The van der Waals surface area contributed by atoms with Crippen molar-refractivity contribution in [2.45, 2.75) is 4.90 Å². The van der Waals surface area contributed by atoms with Crippen LogP contribution >= 0.6 is 0 Å². The second-order valence-electron chi connectivity index (χ2n) is 7.13. The van der Waals surface area contributed by atoms with Gasteiger partial charge in [0, 0.05) is 11.1 Å². The minimum absolute atomic E-state index is 0.00578. The number of phenolic OH excluding ortho intramolecular Hbond substituents is 1. The highest BCUT2D eigenvalue weighted by atomic mass is 32.2. The van der Waals surface area contributed by atoms with E-state index in [1.165, 1.54) is 49.8 Å². The van der Waals surface area contributed by atoms with Gasteiger partial charge >= 0.3 is 0 Å². The molecule has 4 rings (SSSR count). The van der Waals surface area contributed by atoms with Gasteiger partial charge in [-0.3, -0.25) is 9.52 Å². The Morgan fingerprint density at radius 2 is 1.65 bits per heavy atom. The molecule has 0 aliphatic carbocycles. The SMILES string of the molecule is COc1ccccc1NS(=O)(=O)c1ccc(C(=O)Nc2cnc(-c3cccc(O)c3)nc2)cc1. The topological polar surface area (TPSA) is 131 Å². The molecule has 0 spiro atoms. The van der Waals surface area contributed by atoms with E-state index < -0.39 is 15.9 Å². The van der Waals surface area contributed by atoms with Gasteiger partial charge in [-0.25, -0.2) is 18.4 Å². The number of amides is 1. The highest BCUT2D eigenvalue weighted by Crippen LogP contribution is 2.26. The number of carbonyl (C=O) groups is 1. The number of nitrogens with zero attached hydrogens (tertiary/aromatic N) is 2. The number of hydrogen-bond acceptors (Lipinski definition) is 7. The monoisotopic (exact) mass is 476 g/mol. The second-order valence-corrected chi connectivity index (χ2v) is 8.81. The first-order valence-corrected chi connectivity index (χ1v) is 11.5. The van der Waals surface area contributed by atoms with Crippen LogP contribution in [0.15, 0.2) is 90.1 Å². The van der Waals surface area contributed by atoms with Gasteiger partial charge in [-0.15, -0.1) is 0 Å². The van der Waals surface area contributed by atoms with E-state index in [9.17, 15) is 18.3 Å². The number of carbonyl (C=O) groups excluding carboxylic acids is 1. The maximum Gasteiger partial charge on any atom is 0.262 e. The van der Waals surface area contributed by atoms with Crippen molar-refractivity contribution in [1.82, 2.24) is 9.97 Å². The van der Waals surface area contributed by atoms with Gasteiger partial charge < -0.3 is 15.2 Å². The smallest absolute Gasteiger partial charge is 0.262 e. The van der Waals surface area contributed by atoms with Crippen molar-refractivity contribution >= 4 is 27.3 Å². The first kappa shape index (κ1) is 22.7. The van der Waals surface area contributed by atoms with Crippen LogP contribution in [-0.2, 0) is 10.0 Å². The lowest BCUT2D eigenvalue weighted by atomic mass is 10.2. The van der Waals surface area contributed by atoms with Crippen LogP contribution < -0.4 is 14.8 Å². The van der Waals surface area contributed by atoms with Crippen molar-refractivity contribution in [1.29, 1.82) is 0 Å². The molecule has 0 saturated heterocycles. The fourth-order valence-electron chi connectivity index (χ4n) is 3.11. The van der Waals surface area contributed by atoms with Crippen LogP contribution in [0.3, 0.4) is 0 Å². The van der Waals surface area contributed by atoms with E-state index in [0.717, 1.165) is 0 Å². The molecule has 0 aliphatic rings. The molecule has 34 heavy (non-hydrogen) atoms. The average Bonchev–Trinajstić information content (AvgIpc) is 2.85. The number of sulfonamides is 1. The van der Waals surface area contributed by atoms with Crippen LogP contribution in [0.25, 0.3) is 11.4 Å². The number of hydrogen-bond donors (Lipinski definition) is 3. The molecule has 0 radical (unpaired) electrons. The minimum atomic E-state index is -3.88. The van der Waals surface area contributed by atoms with Crippen molar-refractivity contribution < 1.29 is 23.1 Å². The van der Waals surface area contributed by atoms with Crippen LogP contribution in [0.4, 0.5) is 11.4 Å². The number of aromatic hydroxyl groups is 1. The summed E-state index contributed by atoms with van der Waals surface area (Å²) in [5, 5.41) is 12.2. The molecule has 0 saturated carbocycles. The number of phenols is 1. The number of rotatable bonds is 7. The molecule has 3 aromatic carbocycles. The lowest BCUT2D eigenvalue weighted by Crippen LogP contribution is -2.15. The zero-order valence-corrected chi connectivity index (χ0v) is 18.8. The van der Waals surface area contributed by atoms with Gasteiger partial charge in [-0.2, -0.15) is 0 Å². The van der Waals surface area contributed by atoms with E-state index in [1.54, 1.807) is 42.5 Å². The number of methoxy groups -OCH3 is 1. The lowest BCUT2D eigenvalue weighted by Gasteiger charge is -2.12. The van der Waals surface area contributed by atoms with E-state index in [1.807, 2.05) is 0 Å². The summed E-state index contributed by atoms with van der Waals surface area (Å²) in [6.07, 6.45) is 2.89. The molecule has 0 fully saturated rings. The summed E-state index contributed by atoms with van der Waals surface area (Å²) in [7, 11) is -2.43. The Bertz CT molecular complexity index is 1420. The molecule has 4 aromatic rings. The van der Waals surface area contributed by atoms with E-state index in [-0.39, 0.29) is 16.2 Å². The number of para-hydroxylation sites is 2. The summed E-state index contributed by atoms with van der Waals surface area (Å²) in [6, 6.07) is 18.7. The highest BCUT2D eigenvalue weighted by Gasteiger charge is 2.17. The Morgan fingerprint density at radius 3 is 2.32 bits per heavy atom. The van der Waals surface area contributed by atoms with Gasteiger partial charge in [0.2, 0.25) is 0 Å². The second kappa shape index (κ2) is 9.59. The molecule has 0 aliphatic heterocycles. The molecule has 1 amide bonds. The summed E-state index contributed by atoms with van der Waals surface area (Å²) >= 11 is 0. The highest BCUT2D eigenvalue weighted by molar-refractivity contribution is 7.92. The van der Waals surface area contributed by atoms with Crippen LogP contribution in [0.1, 0.15) is 10.4 Å². The third-order valence-electron chi connectivity index (χ3n) is 4.79. The maximum atomic E-state index is 12.7. The van der Waals surface area contributed by atoms with Crippen molar-refractivity contribution in [2.24, 2.45) is 0 Å². The molecule has 0 bridgehead atoms. The Morgan fingerprint density at radius 1 is 0.941 bits per heavy atom. The molecule has 10 heteroatoms. The minimum Gasteiger partial charge on any atom is -0.508 e. The van der Waals surface area contributed by atoms with Crippen LogP contribution in [-0.4, -0.2) is 36.5 Å². The Kier molecular flexibility index (Phi) is 6.42. The first-order valence-electron chi connectivity index (χ1n) is 10.0. The molecule has 172 valence electrons. The quantitative estimate of drug-likeness (QED) is 0.369. The van der Waals surface area contributed by atoms with Gasteiger partial charge in [-0.1, -0.05) is 24.3 Å². The van der Waals surface area contributed by atoms with Crippen LogP contribution in [0.5, 0.6) is 11.5 Å². The zero-order valence-electron chi connectivity index (χ0n) is 18.0. The fraction of sp³-hybridized carbons (Fsp3) is 0.0417. The van der Waals surface area contributed by atoms with E-state index in [2.05, 4.69) is 20.0 Å². The average molecular weight is 477 g/mol. The zero-order chi connectivity index (χ0) is 24.1. The first-order chi connectivity index (χ1) is 16.4. The van der Waals surface area contributed by atoms with Crippen molar-refractivity contribution in [3.05, 3.63) is 90.8 Å². The third kappa shape index (κ3) is 5.13. The van der Waals surface area contributed by atoms with E-state index in [0.29, 0.717) is 28.5 Å². The molecule has 1 aromatic heterocycles. The van der Waals surface area contributed by atoms with Gasteiger partial charge in [-0.05, 0) is 48.5 Å². The summed E-state index contributed by atoms with van der Waals surface area (Å²) in [5.74, 6) is 0.433. The van der Waals surface area contributed by atoms with Crippen LogP contribution in [0, 0.1) is 0 Å². The lowest BCUT2D eigenvalue weighted by molar-refractivity contribution is 0.102. The Balaban J connectivity index is 1.45. The summed E-state index contributed by atoms with van der Waals surface area (Å²) in [6.45, 7) is 0. The van der Waals surface area contributed by atoms with Crippen molar-refractivity contribution in [2.75, 3.05) is 17.1 Å². The molecule has 3 N–H and O–H groups in total. The summed E-state index contributed by atoms with van der Waals surface area (Å²) < 4.78 is 33.1. The Labute approximate surface area is 196 Å². The normalized spacial score (nSPS) is 11.0. The van der Waals surface area contributed by atoms with E-state index in [4.69, 9.17) is 4.74 Å². The number of ether oxygens (including phenoxy) is 1. The molecular weight excluding hydrogens is 456 g/mol. The summed E-state index contributed by atoms with van der Waals surface area (Å²) in [5.41, 5.74) is 1.56. The number of nitrogens with one attached hydrogen (secondary N) is 2. The van der Waals surface area contributed by atoms with Crippen molar-refractivity contribution in [3.8, 4) is 22.9 Å². The standard InChI is InChI=1S/C24H20N4O5S/c1-33-22-8-3-2-7-21(22)28-34(31,32)20-11-9-16(10-12-20)24(30)27-18-14-25-23(26-15-18)17-5-4-6-19(29)13-17/h2-15,28-29H,1H3,(H,27,30). The largest absolute Gasteiger partial charge is 0.508 e. The number of aromatic nitrogens is 2. The van der Waals surface area contributed by atoms with Gasteiger partial charge in [0.1, 0.15) is 11.5 Å².